The first-order valence-electron chi connectivity index (χ1n) is 4.69. The van der Waals surface area contributed by atoms with Crippen LogP contribution in [0.3, 0.4) is 0 Å². The number of nitrogens with one attached hydrogen (secondary N) is 1. The highest BCUT2D eigenvalue weighted by Gasteiger charge is 2.03. The van der Waals surface area contributed by atoms with E-state index in [0.29, 0.717) is 0 Å². The van der Waals surface area contributed by atoms with Gasteiger partial charge in [-0.2, -0.15) is 5.10 Å². The molecule has 1 aromatic carbocycles. The van der Waals surface area contributed by atoms with E-state index in [9.17, 15) is 0 Å². The minimum atomic E-state index is 0.763. The minimum absolute atomic E-state index is 0.763. The van der Waals surface area contributed by atoms with Crippen LogP contribution in [-0.4, -0.2) is 17.3 Å². The number of H-pyrrole nitrogens is 1. The zero-order valence-corrected chi connectivity index (χ0v) is 8.53. The molecule has 0 aliphatic carbocycles. The highest BCUT2D eigenvalue weighted by Crippen LogP contribution is 2.21. The van der Waals surface area contributed by atoms with E-state index >= 15 is 0 Å². The molecule has 78 valence electrons. The van der Waals surface area contributed by atoms with E-state index in [1.807, 2.05) is 24.4 Å². The molecule has 0 saturated heterocycles. The predicted octanol–water partition coefficient (Wildman–Crippen LogP) is 1.59. The lowest BCUT2D eigenvalue weighted by Gasteiger charge is -2.06. The van der Waals surface area contributed by atoms with Crippen molar-refractivity contribution in [1.82, 2.24) is 10.2 Å². The third-order valence-electron chi connectivity index (χ3n) is 2.30. The Morgan fingerprint density at radius 2 is 2.33 bits per heavy atom. The van der Waals surface area contributed by atoms with Crippen LogP contribution >= 0.6 is 0 Å². The number of aromatic amines is 1. The molecule has 0 amide bonds. The second-order valence-corrected chi connectivity index (χ2v) is 3.35. The van der Waals surface area contributed by atoms with Gasteiger partial charge in [0.05, 0.1) is 13.3 Å². The average Bonchev–Trinajstić information content (AvgIpc) is 2.74. The molecule has 0 aliphatic heterocycles. The van der Waals surface area contributed by atoms with Crippen molar-refractivity contribution >= 4 is 5.69 Å². The van der Waals surface area contributed by atoms with Gasteiger partial charge < -0.3 is 10.5 Å². The van der Waals surface area contributed by atoms with Crippen LogP contribution in [0.15, 0.2) is 30.6 Å². The Morgan fingerprint density at radius 3 is 3.00 bits per heavy atom. The Bertz CT molecular complexity index is 437. The van der Waals surface area contributed by atoms with E-state index < -0.39 is 0 Å². The molecule has 2 aromatic rings. The van der Waals surface area contributed by atoms with E-state index in [-0.39, 0.29) is 0 Å². The van der Waals surface area contributed by atoms with Crippen LogP contribution in [0.1, 0.15) is 11.1 Å². The number of aromatic nitrogens is 2. The first kappa shape index (κ1) is 9.58. The minimum Gasteiger partial charge on any atom is -0.497 e. The van der Waals surface area contributed by atoms with E-state index in [0.717, 1.165) is 29.0 Å². The van der Waals surface area contributed by atoms with Crippen LogP contribution in [0.5, 0.6) is 5.75 Å². The molecule has 4 nitrogen and oxygen atoms in total. The molecule has 0 radical (unpaired) electrons. The molecule has 0 fully saturated rings. The number of nitrogen functional groups attached to an aromatic ring is 1. The van der Waals surface area contributed by atoms with E-state index in [1.165, 1.54) is 0 Å². The van der Waals surface area contributed by atoms with Gasteiger partial charge in [-0.15, -0.1) is 0 Å². The van der Waals surface area contributed by atoms with Crippen LogP contribution in [0, 0.1) is 0 Å². The number of methoxy groups -OCH3 is 1. The zero-order valence-electron chi connectivity index (χ0n) is 8.53. The normalized spacial score (nSPS) is 10.2. The number of anilines is 1. The predicted molar refractivity (Wildman–Crippen MR) is 58.8 cm³/mol. The summed E-state index contributed by atoms with van der Waals surface area (Å²) in [5, 5.41) is 6.67. The number of hydrogen-bond acceptors (Lipinski definition) is 3. The van der Waals surface area contributed by atoms with Crippen LogP contribution < -0.4 is 10.5 Å². The van der Waals surface area contributed by atoms with Crippen molar-refractivity contribution in [3.05, 3.63) is 41.7 Å². The Morgan fingerprint density at radius 1 is 1.47 bits per heavy atom. The second-order valence-electron chi connectivity index (χ2n) is 3.35. The van der Waals surface area contributed by atoms with Gasteiger partial charge in [0, 0.05) is 18.3 Å². The fourth-order valence-electron chi connectivity index (χ4n) is 1.46. The van der Waals surface area contributed by atoms with Crippen molar-refractivity contribution < 1.29 is 4.74 Å². The summed E-state index contributed by atoms with van der Waals surface area (Å²) in [7, 11) is 1.65. The maximum atomic E-state index is 5.87. The molecule has 0 saturated carbocycles. The fraction of sp³-hybridized carbons (Fsp3) is 0.182. The molecule has 2 rings (SSSR count). The lowest BCUT2D eigenvalue weighted by molar-refractivity contribution is 0.414. The number of nitrogens with zero attached hydrogens (tertiary/aromatic N) is 1. The highest BCUT2D eigenvalue weighted by molar-refractivity contribution is 5.52. The Labute approximate surface area is 88.1 Å². The average molecular weight is 203 g/mol. The van der Waals surface area contributed by atoms with Gasteiger partial charge in [0.15, 0.2) is 0 Å². The summed E-state index contributed by atoms with van der Waals surface area (Å²) in [5.74, 6) is 0.822. The molecule has 0 unspecified atom stereocenters. The summed E-state index contributed by atoms with van der Waals surface area (Å²) in [6.07, 6.45) is 4.41. The van der Waals surface area contributed by atoms with Gasteiger partial charge in [-0.1, -0.05) is 0 Å². The highest BCUT2D eigenvalue weighted by atomic mass is 16.5. The van der Waals surface area contributed by atoms with Crippen molar-refractivity contribution in [2.45, 2.75) is 6.42 Å². The third kappa shape index (κ3) is 2.10. The van der Waals surface area contributed by atoms with Crippen molar-refractivity contribution in [2.75, 3.05) is 12.8 Å². The standard InChI is InChI=1S/C11H13N3O/c1-15-10-2-3-11(12)9(5-10)4-8-6-13-14-7-8/h2-3,5-7H,4,12H2,1H3,(H,13,14). The molecular formula is C11H13N3O. The van der Waals surface area contributed by atoms with Crippen LogP contribution in [0.4, 0.5) is 5.69 Å². The van der Waals surface area contributed by atoms with Gasteiger partial charge >= 0.3 is 0 Å². The molecule has 1 heterocycles. The number of ether oxygens (including phenoxy) is 1. The van der Waals surface area contributed by atoms with Crippen LogP contribution in [-0.2, 0) is 6.42 Å². The van der Waals surface area contributed by atoms with Gasteiger partial charge in [-0.05, 0) is 29.3 Å². The van der Waals surface area contributed by atoms with E-state index in [4.69, 9.17) is 10.5 Å². The Hall–Kier alpha value is -1.97. The van der Waals surface area contributed by atoms with Crippen molar-refractivity contribution in [3.8, 4) is 5.75 Å². The lowest BCUT2D eigenvalue weighted by atomic mass is 10.1. The van der Waals surface area contributed by atoms with E-state index in [1.54, 1.807) is 13.3 Å². The monoisotopic (exact) mass is 203 g/mol. The zero-order chi connectivity index (χ0) is 10.7. The Kier molecular flexibility index (Phi) is 2.58. The lowest BCUT2D eigenvalue weighted by Crippen LogP contribution is -1.96. The molecule has 3 N–H and O–H groups in total. The molecule has 0 atom stereocenters. The number of rotatable bonds is 3. The summed E-state index contributed by atoms with van der Waals surface area (Å²) in [6.45, 7) is 0. The van der Waals surface area contributed by atoms with Gasteiger partial charge in [0.25, 0.3) is 0 Å². The number of hydrogen-bond donors (Lipinski definition) is 2. The fourth-order valence-corrected chi connectivity index (χ4v) is 1.46. The third-order valence-corrected chi connectivity index (χ3v) is 2.30. The van der Waals surface area contributed by atoms with Crippen molar-refractivity contribution in [2.24, 2.45) is 0 Å². The van der Waals surface area contributed by atoms with Gasteiger partial charge in [0.2, 0.25) is 0 Å². The largest absolute Gasteiger partial charge is 0.497 e. The SMILES string of the molecule is COc1ccc(N)c(Cc2cn[nH]c2)c1. The van der Waals surface area contributed by atoms with Crippen molar-refractivity contribution in [3.63, 3.8) is 0 Å². The first-order valence-corrected chi connectivity index (χ1v) is 4.69. The van der Waals surface area contributed by atoms with Crippen molar-refractivity contribution in [1.29, 1.82) is 0 Å². The summed E-state index contributed by atoms with van der Waals surface area (Å²) < 4.78 is 5.15. The van der Waals surface area contributed by atoms with Gasteiger partial charge in [0.1, 0.15) is 5.75 Å². The van der Waals surface area contributed by atoms with Gasteiger partial charge in [-0.25, -0.2) is 0 Å². The molecule has 4 heteroatoms. The molecule has 1 aromatic heterocycles. The summed E-state index contributed by atoms with van der Waals surface area (Å²) in [6, 6.07) is 5.66. The summed E-state index contributed by atoms with van der Waals surface area (Å²) >= 11 is 0. The first-order chi connectivity index (χ1) is 7.29. The van der Waals surface area contributed by atoms with Crippen LogP contribution in [0.2, 0.25) is 0 Å². The number of benzene rings is 1. The maximum Gasteiger partial charge on any atom is 0.119 e. The summed E-state index contributed by atoms with van der Waals surface area (Å²) in [5.41, 5.74) is 8.81. The Balaban J connectivity index is 2.27. The smallest absolute Gasteiger partial charge is 0.119 e. The maximum absolute atomic E-state index is 5.87. The molecule has 15 heavy (non-hydrogen) atoms. The molecule has 0 aliphatic rings. The number of nitrogens with two attached hydrogens (primary N) is 1. The molecule has 0 bridgehead atoms. The van der Waals surface area contributed by atoms with Crippen LogP contribution in [0.25, 0.3) is 0 Å². The quantitative estimate of drug-likeness (QED) is 0.744. The molecule has 0 spiro atoms. The molecular weight excluding hydrogens is 190 g/mol. The topological polar surface area (TPSA) is 63.9 Å². The summed E-state index contributed by atoms with van der Waals surface area (Å²) in [4.78, 5) is 0. The second kappa shape index (κ2) is 4.04. The van der Waals surface area contributed by atoms with Gasteiger partial charge in [-0.3, -0.25) is 5.10 Å². The van der Waals surface area contributed by atoms with E-state index in [2.05, 4.69) is 10.2 Å².